The third kappa shape index (κ3) is 3.66. The topological polar surface area (TPSA) is 68.0 Å². The average Bonchev–Trinajstić information content (AvgIpc) is 2.88. The fourth-order valence-electron chi connectivity index (χ4n) is 1.69. The fourth-order valence-corrected chi connectivity index (χ4v) is 1.69. The number of aryl methyl sites for hydroxylation is 1. The summed E-state index contributed by atoms with van der Waals surface area (Å²) in [7, 11) is 0. The Morgan fingerprint density at radius 2 is 1.95 bits per heavy atom. The standard InChI is InChI=1S/C15H19N3O2/c1-10(2)15-18-17-13(20-15)8-9-16-14(19)12-6-4-11(3)5-7-12/h4-7,10H,8-9H2,1-3H3,(H,16,19). The lowest BCUT2D eigenvalue weighted by Gasteiger charge is -2.03. The number of benzene rings is 1. The summed E-state index contributed by atoms with van der Waals surface area (Å²) in [6.45, 7) is 6.46. The molecule has 0 saturated carbocycles. The Morgan fingerprint density at radius 1 is 1.25 bits per heavy atom. The number of carbonyl (C=O) groups excluding carboxylic acids is 1. The molecule has 0 aliphatic heterocycles. The van der Waals surface area contributed by atoms with E-state index >= 15 is 0 Å². The summed E-state index contributed by atoms with van der Waals surface area (Å²) in [6.07, 6.45) is 0.539. The molecular weight excluding hydrogens is 254 g/mol. The Bertz CT molecular complexity index is 573. The van der Waals surface area contributed by atoms with E-state index in [0.717, 1.165) is 5.56 Å². The van der Waals surface area contributed by atoms with Gasteiger partial charge in [0.15, 0.2) is 0 Å². The van der Waals surface area contributed by atoms with Gasteiger partial charge in [0.25, 0.3) is 5.91 Å². The summed E-state index contributed by atoms with van der Waals surface area (Å²) in [5, 5.41) is 10.7. The molecule has 2 aromatic rings. The lowest BCUT2D eigenvalue weighted by Crippen LogP contribution is -2.25. The zero-order valence-electron chi connectivity index (χ0n) is 12.0. The van der Waals surface area contributed by atoms with Gasteiger partial charge < -0.3 is 9.73 Å². The molecule has 0 aliphatic rings. The van der Waals surface area contributed by atoms with Crippen LogP contribution in [0.5, 0.6) is 0 Å². The van der Waals surface area contributed by atoms with E-state index in [-0.39, 0.29) is 11.8 Å². The van der Waals surface area contributed by atoms with Crippen LogP contribution in [0.1, 0.15) is 47.5 Å². The highest BCUT2D eigenvalue weighted by atomic mass is 16.4. The average molecular weight is 273 g/mol. The molecule has 1 heterocycles. The van der Waals surface area contributed by atoms with Gasteiger partial charge in [0.2, 0.25) is 11.8 Å². The van der Waals surface area contributed by atoms with E-state index in [1.165, 1.54) is 0 Å². The maximum Gasteiger partial charge on any atom is 0.251 e. The molecule has 1 aromatic heterocycles. The number of amides is 1. The van der Waals surface area contributed by atoms with Crippen molar-refractivity contribution in [1.29, 1.82) is 0 Å². The first-order valence-electron chi connectivity index (χ1n) is 6.73. The van der Waals surface area contributed by atoms with Gasteiger partial charge in [0.1, 0.15) is 0 Å². The van der Waals surface area contributed by atoms with Gasteiger partial charge in [-0.2, -0.15) is 0 Å². The lowest BCUT2D eigenvalue weighted by molar-refractivity contribution is 0.0953. The first-order chi connectivity index (χ1) is 9.56. The number of aromatic nitrogens is 2. The van der Waals surface area contributed by atoms with E-state index in [0.29, 0.717) is 30.3 Å². The summed E-state index contributed by atoms with van der Waals surface area (Å²) in [5.74, 6) is 1.31. The van der Waals surface area contributed by atoms with Gasteiger partial charge in [-0.15, -0.1) is 10.2 Å². The molecule has 0 saturated heterocycles. The van der Waals surface area contributed by atoms with Gasteiger partial charge in [0, 0.05) is 24.4 Å². The molecule has 0 unspecified atom stereocenters. The van der Waals surface area contributed by atoms with Crippen molar-refractivity contribution in [3.63, 3.8) is 0 Å². The predicted molar refractivity (Wildman–Crippen MR) is 75.6 cm³/mol. The molecule has 5 nitrogen and oxygen atoms in total. The number of nitrogens with zero attached hydrogens (tertiary/aromatic N) is 2. The second kappa shape index (κ2) is 6.32. The van der Waals surface area contributed by atoms with Crippen LogP contribution in [0.4, 0.5) is 0 Å². The maximum absolute atomic E-state index is 11.9. The highest BCUT2D eigenvalue weighted by molar-refractivity contribution is 5.94. The lowest BCUT2D eigenvalue weighted by atomic mass is 10.1. The van der Waals surface area contributed by atoms with Crippen molar-refractivity contribution in [1.82, 2.24) is 15.5 Å². The van der Waals surface area contributed by atoms with Crippen molar-refractivity contribution in [2.45, 2.75) is 33.1 Å². The normalized spacial score (nSPS) is 10.8. The molecule has 106 valence electrons. The molecule has 0 bridgehead atoms. The maximum atomic E-state index is 11.9. The molecule has 1 amide bonds. The summed E-state index contributed by atoms with van der Waals surface area (Å²) in [6, 6.07) is 7.46. The first-order valence-corrected chi connectivity index (χ1v) is 6.73. The van der Waals surface area contributed by atoms with Gasteiger partial charge in [-0.3, -0.25) is 4.79 Å². The predicted octanol–water partition coefficient (Wildman–Crippen LogP) is 2.47. The van der Waals surface area contributed by atoms with Crippen LogP contribution in [0.2, 0.25) is 0 Å². The van der Waals surface area contributed by atoms with E-state index in [4.69, 9.17) is 4.42 Å². The van der Waals surface area contributed by atoms with Crippen molar-refractivity contribution in [3.8, 4) is 0 Å². The van der Waals surface area contributed by atoms with Crippen LogP contribution in [-0.2, 0) is 6.42 Å². The van der Waals surface area contributed by atoms with Gasteiger partial charge in [-0.25, -0.2) is 0 Å². The van der Waals surface area contributed by atoms with Gasteiger partial charge in [-0.05, 0) is 19.1 Å². The Kier molecular flexibility index (Phi) is 4.50. The number of nitrogens with one attached hydrogen (secondary N) is 1. The highest BCUT2D eigenvalue weighted by Gasteiger charge is 2.10. The van der Waals surface area contributed by atoms with E-state index in [1.54, 1.807) is 0 Å². The second-order valence-electron chi connectivity index (χ2n) is 5.06. The zero-order chi connectivity index (χ0) is 14.5. The Morgan fingerprint density at radius 3 is 2.55 bits per heavy atom. The van der Waals surface area contributed by atoms with Gasteiger partial charge >= 0.3 is 0 Å². The zero-order valence-corrected chi connectivity index (χ0v) is 12.0. The molecule has 20 heavy (non-hydrogen) atoms. The number of hydrogen-bond donors (Lipinski definition) is 1. The smallest absolute Gasteiger partial charge is 0.251 e. The Balaban J connectivity index is 1.83. The minimum absolute atomic E-state index is 0.0893. The van der Waals surface area contributed by atoms with Gasteiger partial charge in [0.05, 0.1) is 0 Å². The molecule has 0 fully saturated rings. The van der Waals surface area contributed by atoms with Crippen molar-refractivity contribution < 1.29 is 9.21 Å². The van der Waals surface area contributed by atoms with Crippen molar-refractivity contribution in [2.75, 3.05) is 6.54 Å². The summed E-state index contributed by atoms with van der Waals surface area (Å²) in [4.78, 5) is 11.9. The van der Waals surface area contributed by atoms with E-state index in [1.807, 2.05) is 45.0 Å². The SMILES string of the molecule is Cc1ccc(C(=O)NCCc2nnc(C(C)C)o2)cc1. The number of hydrogen-bond acceptors (Lipinski definition) is 4. The summed E-state index contributed by atoms with van der Waals surface area (Å²) >= 11 is 0. The Labute approximate surface area is 118 Å². The molecular formula is C15H19N3O2. The van der Waals surface area contributed by atoms with E-state index in [9.17, 15) is 4.79 Å². The van der Waals surface area contributed by atoms with Gasteiger partial charge in [-0.1, -0.05) is 31.5 Å². The fraction of sp³-hybridized carbons (Fsp3) is 0.400. The summed E-state index contributed by atoms with van der Waals surface area (Å²) < 4.78 is 5.47. The molecule has 0 spiro atoms. The third-order valence-corrected chi connectivity index (χ3v) is 2.91. The number of rotatable bonds is 5. The largest absolute Gasteiger partial charge is 0.425 e. The molecule has 2 rings (SSSR count). The van der Waals surface area contributed by atoms with Crippen molar-refractivity contribution in [2.24, 2.45) is 0 Å². The minimum atomic E-state index is -0.0893. The van der Waals surface area contributed by atoms with E-state index < -0.39 is 0 Å². The molecule has 0 radical (unpaired) electrons. The van der Waals surface area contributed by atoms with Crippen LogP contribution in [0.3, 0.4) is 0 Å². The molecule has 1 aromatic carbocycles. The van der Waals surface area contributed by atoms with Crippen LogP contribution >= 0.6 is 0 Å². The molecule has 1 N–H and O–H groups in total. The van der Waals surface area contributed by atoms with E-state index in [2.05, 4.69) is 15.5 Å². The van der Waals surface area contributed by atoms with Crippen LogP contribution in [-0.4, -0.2) is 22.6 Å². The molecule has 0 atom stereocenters. The highest BCUT2D eigenvalue weighted by Crippen LogP contribution is 2.11. The van der Waals surface area contributed by atoms with Crippen LogP contribution in [0.25, 0.3) is 0 Å². The molecule has 0 aliphatic carbocycles. The number of carbonyl (C=O) groups is 1. The van der Waals surface area contributed by atoms with Crippen molar-refractivity contribution >= 4 is 5.91 Å². The van der Waals surface area contributed by atoms with Crippen molar-refractivity contribution in [3.05, 3.63) is 47.2 Å². The minimum Gasteiger partial charge on any atom is -0.425 e. The summed E-state index contributed by atoms with van der Waals surface area (Å²) in [5.41, 5.74) is 1.79. The van der Waals surface area contributed by atoms with Crippen LogP contribution < -0.4 is 5.32 Å². The van der Waals surface area contributed by atoms with Crippen LogP contribution in [0, 0.1) is 6.92 Å². The first kappa shape index (κ1) is 14.2. The quantitative estimate of drug-likeness (QED) is 0.908. The molecule has 5 heteroatoms. The third-order valence-electron chi connectivity index (χ3n) is 2.91. The second-order valence-corrected chi connectivity index (χ2v) is 5.06. The van der Waals surface area contributed by atoms with Crippen LogP contribution in [0.15, 0.2) is 28.7 Å². The monoisotopic (exact) mass is 273 g/mol. The Hall–Kier alpha value is -2.17.